The van der Waals surface area contributed by atoms with Gasteiger partial charge in [0.2, 0.25) is 0 Å². The molecule has 1 spiro atoms. The minimum Gasteiger partial charge on any atom is -0.457 e. The molecule has 0 fully saturated rings. The van der Waals surface area contributed by atoms with Gasteiger partial charge in [0.15, 0.2) is 5.82 Å². The number of benzene rings is 8. The summed E-state index contributed by atoms with van der Waals surface area (Å²) in [6, 6.07) is 63.6. The van der Waals surface area contributed by atoms with Crippen LogP contribution in [0.25, 0.3) is 86.7 Å². The molecule has 4 nitrogen and oxygen atoms in total. The smallest absolute Gasteiger partial charge is 0.162 e. The van der Waals surface area contributed by atoms with Gasteiger partial charge in [-0.3, -0.25) is 4.98 Å². The summed E-state index contributed by atoms with van der Waals surface area (Å²) in [5.74, 6) is 2.45. The van der Waals surface area contributed by atoms with E-state index in [0.717, 1.165) is 60.4 Å². The van der Waals surface area contributed by atoms with Crippen LogP contribution < -0.4 is 4.74 Å². The highest BCUT2D eigenvalue weighted by molar-refractivity contribution is 7.26. The third-order valence-corrected chi connectivity index (χ3v) is 13.6. The minimum atomic E-state index is -0.581. The molecule has 0 unspecified atom stereocenters. The number of fused-ring (bicyclic) bond motifs is 14. The molecule has 13 rings (SSSR count). The molecule has 0 atom stereocenters. The van der Waals surface area contributed by atoms with Crippen LogP contribution in [-0.4, -0.2) is 15.0 Å². The van der Waals surface area contributed by atoms with E-state index >= 15 is 0 Å². The molecular weight excluding hydrogens is 739 g/mol. The lowest BCUT2D eigenvalue weighted by Gasteiger charge is -2.39. The van der Waals surface area contributed by atoms with Crippen LogP contribution in [0.1, 0.15) is 22.3 Å². The zero-order chi connectivity index (χ0) is 38.7. The second kappa shape index (κ2) is 12.3. The molecule has 1 aliphatic heterocycles. The van der Waals surface area contributed by atoms with Gasteiger partial charge >= 0.3 is 0 Å². The topological polar surface area (TPSA) is 47.9 Å². The van der Waals surface area contributed by atoms with E-state index in [1.807, 2.05) is 18.3 Å². The van der Waals surface area contributed by atoms with Crippen molar-refractivity contribution in [3.63, 3.8) is 0 Å². The van der Waals surface area contributed by atoms with E-state index in [0.29, 0.717) is 5.82 Å². The summed E-state index contributed by atoms with van der Waals surface area (Å²) < 4.78 is 8.96. The lowest BCUT2D eigenvalue weighted by atomic mass is 9.66. The molecule has 2 aliphatic rings. The number of aromatic nitrogens is 3. The molecule has 0 N–H and O–H groups in total. The number of hydrogen-bond donors (Lipinski definition) is 0. The summed E-state index contributed by atoms with van der Waals surface area (Å²) in [6.45, 7) is 0. The fourth-order valence-corrected chi connectivity index (χ4v) is 11.2. The van der Waals surface area contributed by atoms with Crippen molar-refractivity contribution < 1.29 is 4.74 Å². The predicted molar refractivity (Wildman–Crippen MR) is 241 cm³/mol. The van der Waals surface area contributed by atoms with Crippen molar-refractivity contribution in [1.29, 1.82) is 0 Å². The van der Waals surface area contributed by atoms with Crippen molar-refractivity contribution in [2.24, 2.45) is 0 Å². The van der Waals surface area contributed by atoms with E-state index in [-0.39, 0.29) is 0 Å². The fourth-order valence-electron chi connectivity index (χ4n) is 10.0. The summed E-state index contributed by atoms with van der Waals surface area (Å²) in [5.41, 5.74) is 13.0. The zero-order valence-corrected chi connectivity index (χ0v) is 32.4. The summed E-state index contributed by atoms with van der Waals surface area (Å²) in [7, 11) is 0. The summed E-state index contributed by atoms with van der Waals surface area (Å²) in [4.78, 5) is 14.9. The van der Waals surface area contributed by atoms with E-state index < -0.39 is 5.41 Å². The van der Waals surface area contributed by atoms with E-state index in [4.69, 9.17) is 14.7 Å². The third kappa shape index (κ3) is 4.51. The Morgan fingerprint density at radius 1 is 0.475 bits per heavy atom. The molecule has 274 valence electrons. The standard InChI is InChI=1S/C54H31N3OS/c1-2-14-33-30-45-41(29-32(33)13-1)49-38(20-11-24-44(49)54(45)42-22-4-6-25-46(42)58-47-26-7-5-23-43(47)54)36-18-9-19-37-35(36)17-10-21-39(37)50-52-51(40-16-3-8-27-48(40)59-52)57-53(56-50)34-15-12-28-55-31-34/h1-31H. The van der Waals surface area contributed by atoms with Gasteiger partial charge < -0.3 is 4.74 Å². The quantitative estimate of drug-likeness (QED) is 0.180. The van der Waals surface area contributed by atoms with Crippen LogP contribution in [0.5, 0.6) is 11.5 Å². The van der Waals surface area contributed by atoms with Gasteiger partial charge in [0.1, 0.15) is 11.5 Å². The van der Waals surface area contributed by atoms with Crippen LogP contribution in [0, 0.1) is 0 Å². The van der Waals surface area contributed by atoms with E-state index in [9.17, 15) is 0 Å². The van der Waals surface area contributed by atoms with Crippen LogP contribution >= 0.6 is 11.3 Å². The van der Waals surface area contributed by atoms with Gasteiger partial charge in [-0.2, -0.15) is 0 Å². The molecule has 0 saturated carbocycles. The van der Waals surface area contributed by atoms with Crippen molar-refractivity contribution in [3.8, 4) is 56.4 Å². The van der Waals surface area contributed by atoms with Crippen LogP contribution in [-0.2, 0) is 5.41 Å². The summed E-state index contributed by atoms with van der Waals surface area (Å²) >= 11 is 1.76. The first-order valence-corrected chi connectivity index (χ1v) is 20.7. The fraction of sp³-hybridized carbons (Fsp3) is 0.0185. The third-order valence-electron chi connectivity index (χ3n) is 12.4. The Hall–Kier alpha value is -7.47. The molecule has 0 bridgehead atoms. The molecule has 0 saturated heterocycles. The van der Waals surface area contributed by atoms with Crippen molar-refractivity contribution in [3.05, 3.63) is 211 Å². The highest BCUT2D eigenvalue weighted by atomic mass is 32.1. The number of para-hydroxylation sites is 2. The Kier molecular flexibility index (Phi) is 6.78. The van der Waals surface area contributed by atoms with Gasteiger partial charge in [-0.15, -0.1) is 11.3 Å². The number of nitrogens with zero attached hydrogens (tertiary/aromatic N) is 3. The Morgan fingerprint density at radius 3 is 1.92 bits per heavy atom. The van der Waals surface area contributed by atoms with Gasteiger partial charge in [-0.25, -0.2) is 9.97 Å². The maximum absolute atomic E-state index is 6.68. The Labute approximate surface area is 343 Å². The maximum Gasteiger partial charge on any atom is 0.162 e. The molecule has 8 aromatic carbocycles. The largest absolute Gasteiger partial charge is 0.457 e. The first-order chi connectivity index (χ1) is 29.3. The van der Waals surface area contributed by atoms with E-state index in [1.165, 1.54) is 54.2 Å². The highest BCUT2D eigenvalue weighted by Gasteiger charge is 2.51. The first kappa shape index (κ1) is 32.6. The highest BCUT2D eigenvalue weighted by Crippen LogP contribution is 2.64. The number of thiophene rings is 1. The molecule has 3 aromatic heterocycles. The predicted octanol–water partition coefficient (Wildman–Crippen LogP) is 14.0. The molecule has 0 amide bonds. The molecule has 1 aliphatic carbocycles. The van der Waals surface area contributed by atoms with Crippen LogP contribution in [0.4, 0.5) is 0 Å². The minimum absolute atomic E-state index is 0.581. The van der Waals surface area contributed by atoms with E-state index in [1.54, 1.807) is 17.5 Å². The second-order valence-corrected chi connectivity index (χ2v) is 16.5. The molecule has 59 heavy (non-hydrogen) atoms. The number of hydrogen-bond acceptors (Lipinski definition) is 5. The Bertz CT molecular complexity index is 3510. The average Bonchev–Trinajstić information content (AvgIpc) is 3.81. The number of pyridine rings is 1. The lowest BCUT2D eigenvalue weighted by molar-refractivity contribution is 0.436. The van der Waals surface area contributed by atoms with E-state index in [2.05, 4.69) is 169 Å². The maximum atomic E-state index is 6.68. The van der Waals surface area contributed by atoms with Crippen molar-refractivity contribution in [1.82, 2.24) is 15.0 Å². The van der Waals surface area contributed by atoms with Crippen LogP contribution in [0.15, 0.2) is 188 Å². The van der Waals surface area contributed by atoms with Gasteiger partial charge in [0.25, 0.3) is 0 Å². The monoisotopic (exact) mass is 769 g/mol. The van der Waals surface area contributed by atoms with Gasteiger partial charge in [-0.1, -0.05) is 133 Å². The van der Waals surface area contributed by atoms with Crippen LogP contribution in [0.2, 0.25) is 0 Å². The zero-order valence-electron chi connectivity index (χ0n) is 31.6. The number of ether oxygens (including phenoxy) is 1. The Morgan fingerprint density at radius 2 is 1.12 bits per heavy atom. The van der Waals surface area contributed by atoms with Crippen molar-refractivity contribution >= 4 is 53.2 Å². The molecular formula is C54H31N3OS. The molecule has 5 heteroatoms. The average molecular weight is 770 g/mol. The van der Waals surface area contributed by atoms with Crippen LogP contribution in [0.3, 0.4) is 0 Å². The first-order valence-electron chi connectivity index (χ1n) is 19.9. The molecule has 4 heterocycles. The number of rotatable bonds is 3. The normalized spacial score (nSPS) is 13.4. The summed E-state index contributed by atoms with van der Waals surface area (Å²) in [5, 5.41) is 5.90. The van der Waals surface area contributed by atoms with Gasteiger partial charge in [0.05, 0.1) is 21.3 Å². The second-order valence-electron chi connectivity index (χ2n) is 15.4. The molecule has 0 radical (unpaired) electrons. The Balaban J connectivity index is 1.11. The van der Waals surface area contributed by atoms with Crippen molar-refractivity contribution in [2.75, 3.05) is 0 Å². The van der Waals surface area contributed by atoms with Gasteiger partial charge in [-0.05, 0) is 97.4 Å². The lowest BCUT2D eigenvalue weighted by Crippen LogP contribution is -2.32. The van der Waals surface area contributed by atoms with Gasteiger partial charge in [0, 0.05) is 44.7 Å². The summed E-state index contributed by atoms with van der Waals surface area (Å²) in [6.07, 6.45) is 3.64. The SMILES string of the molecule is c1cncc(-c2nc(-c3cccc4c(-c5cccc6c5-c5cc7ccccc7cc5C65c6ccccc6Oc6ccccc65)cccc34)c3sc4ccccc4c3n2)c1. The molecule has 11 aromatic rings. The van der Waals surface area contributed by atoms with Crippen molar-refractivity contribution in [2.45, 2.75) is 5.41 Å².